The highest BCUT2D eigenvalue weighted by molar-refractivity contribution is 5.75. The van der Waals surface area contributed by atoms with Gasteiger partial charge in [-0.15, -0.1) is 0 Å². The summed E-state index contributed by atoms with van der Waals surface area (Å²) in [5.41, 5.74) is 3.28. The zero-order chi connectivity index (χ0) is 16.1. The number of aromatic nitrogens is 2. The summed E-state index contributed by atoms with van der Waals surface area (Å²) in [5.74, 6) is 2.49. The van der Waals surface area contributed by atoms with Gasteiger partial charge in [0.05, 0.1) is 16.4 Å². The van der Waals surface area contributed by atoms with Crippen LogP contribution in [0, 0.1) is 0 Å². The van der Waals surface area contributed by atoms with Crippen LogP contribution < -0.4 is 10.1 Å². The lowest BCUT2D eigenvalue weighted by Crippen LogP contribution is -2.60. The van der Waals surface area contributed by atoms with E-state index in [9.17, 15) is 0 Å². The van der Waals surface area contributed by atoms with E-state index in [1.54, 1.807) is 0 Å². The van der Waals surface area contributed by atoms with E-state index in [0.29, 0.717) is 18.6 Å². The first kappa shape index (κ1) is 14.1. The molecule has 24 heavy (non-hydrogen) atoms. The van der Waals surface area contributed by atoms with Crippen LogP contribution in [0.2, 0.25) is 0 Å². The number of H-pyrrole nitrogens is 1. The topological polar surface area (TPSA) is 49.9 Å². The molecule has 3 heterocycles. The number of imidazole rings is 1. The molecule has 0 aliphatic carbocycles. The number of para-hydroxylation sites is 3. The number of aromatic amines is 1. The largest absolute Gasteiger partial charge is 0.492 e. The van der Waals surface area contributed by atoms with Gasteiger partial charge in [-0.05, 0) is 43.7 Å². The van der Waals surface area contributed by atoms with Crippen LogP contribution in [0.1, 0.15) is 30.7 Å². The Morgan fingerprint density at radius 3 is 2.88 bits per heavy atom. The molecule has 3 aromatic rings. The predicted octanol–water partition coefficient (Wildman–Crippen LogP) is 3.36. The Morgan fingerprint density at radius 2 is 1.96 bits per heavy atom. The van der Waals surface area contributed by atoms with Gasteiger partial charge in [-0.2, -0.15) is 0 Å². The summed E-state index contributed by atoms with van der Waals surface area (Å²) in [7, 11) is 0. The van der Waals surface area contributed by atoms with Gasteiger partial charge in [-0.3, -0.25) is 0 Å². The highest BCUT2D eigenvalue weighted by Crippen LogP contribution is 2.51. The van der Waals surface area contributed by atoms with E-state index in [-0.39, 0.29) is 5.41 Å². The summed E-state index contributed by atoms with van der Waals surface area (Å²) in [5, 5.41) is 3.66. The molecular formula is C20H21N3O. The van der Waals surface area contributed by atoms with Crippen LogP contribution in [0.15, 0.2) is 48.5 Å². The quantitative estimate of drug-likeness (QED) is 0.723. The Hall–Kier alpha value is -2.33. The lowest BCUT2D eigenvalue weighted by Gasteiger charge is -2.50. The van der Waals surface area contributed by atoms with Gasteiger partial charge in [0.25, 0.3) is 0 Å². The first-order valence-corrected chi connectivity index (χ1v) is 8.69. The highest BCUT2D eigenvalue weighted by atomic mass is 16.5. The molecule has 2 aliphatic heterocycles. The van der Waals surface area contributed by atoms with Crippen LogP contribution in [-0.4, -0.2) is 29.2 Å². The molecule has 0 amide bonds. The minimum atomic E-state index is -0.161. The van der Waals surface area contributed by atoms with Crippen LogP contribution in [0.4, 0.5) is 0 Å². The third kappa shape index (κ3) is 1.80. The highest BCUT2D eigenvalue weighted by Gasteiger charge is 2.53. The van der Waals surface area contributed by atoms with Gasteiger partial charge in [0, 0.05) is 12.0 Å². The van der Waals surface area contributed by atoms with E-state index in [4.69, 9.17) is 9.72 Å². The van der Waals surface area contributed by atoms with Crippen molar-refractivity contribution in [2.75, 3.05) is 13.2 Å². The van der Waals surface area contributed by atoms with Crippen molar-refractivity contribution < 1.29 is 4.74 Å². The Kier molecular flexibility index (Phi) is 2.98. The minimum absolute atomic E-state index is 0.161. The zero-order valence-corrected chi connectivity index (χ0v) is 13.8. The average Bonchev–Trinajstić information content (AvgIpc) is 3.06. The number of hydrogen-bond donors (Lipinski definition) is 2. The third-order valence-corrected chi connectivity index (χ3v) is 5.87. The second-order valence-electron chi connectivity index (χ2n) is 6.99. The van der Waals surface area contributed by atoms with Gasteiger partial charge in [0.1, 0.15) is 18.2 Å². The van der Waals surface area contributed by atoms with E-state index in [1.807, 2.05) is 6.07 Å². The van der Waals surface area contributed by atoms with Gasteiger partial charge in [0.15, 0.2) is 0 Å². The number of fused-ring (bicyclic) bond motifs is 4. The van der Waals surface area contributed by atoms with Gasteiger partial charge in [-0.25, -0.2) is 4.98 Å². The fraction of sp³-hybridized carbons (Fsp3) is 0.350. The van der Waals surface area contributed by atoms with Crippen molar-refractivity contribution in [3.05, 3.63) is 59.9 Å². The van der Waals surface area contributed by atoms with Crippen LogP contribution in [0.3, 0.4) is 0 Å². The molecule has 0 saturated carbocycles. The number of nitrogens with zero attached hydrogens (tertiary/aromatic N) is 1. The predicted molar refractivity (Wildman–Crippen MR) is 94.5 cm³/mol. The number of benzene rings is 2. The summed E-state index contributed by atoms with van der Waals surface area (Å²) < 4.78 is 6.22. The number of nitrogens with one attached hydrogen (secondary N) is 2. The average molecular weight is 319 g/mol. The molecule has 5 rings (SSSR count). The molecular weight excluding hydrogens is 298 g/mol. The van der Waals surface area contributed by atoms with E-state index >= 15 is 0 Å². The summed E-state index contributed by atoms with van der Waals surface area (Å²) in [4.78, 5) is 8.54. The maximum atomic E-state index is 6.22. The molecule has 0 spiro atoms. The maximum Gasteiger partial charge on any atom is 0.122 e. The molecule has 1 fully saturated rings. The molecule has 122 valence electrons. The Balaban J connectivity index is 1.73. The number of hydrogen-bond acceptors (Lipinski definition) is 3. The monoisotopic (exact) mass is 319 g/mol. The van der Waals surface area contributed by atoms with Gasteiger partial charge < -0.3 is 15.0 Å². The molecule has 1 aromatic heterocycles. The van der Waals surface area contributed by atoms with Crippen molar-refractivity contribution in [1.29, 1.82) is 0 Å². The van der Waals surface area contributed by atoms with Crippen molar-refractivity contribution >= 4 is 11.0 Å². The van der Waals surface area contributed by atoms with Crippen molar-refractivity contribution in [2.45, 2.75) is 30.7 Å². The first-order chi connectivity index (χ1) is 11.8. The van der Waals surface area contributed by atoms with Crippen molar-refractivity contribution in [2.24, 2.45) is 0 Å². The Morgan fingerprint density at radius 1 is 1.12 bits per heavy atom. The van der Waals surface area contributed by atoms with Crippen LogP contribution in [0.5, 0.6) is 5.75 Å². The van der Waals surface area contributed by atoms with Crippen LogP contribution in [-0.2, 0) is 5.41 Å². The Bertz CT molecular complexity index is 870. The van der Waals surface area contributed by atoms with E-state index in [2.05, 4.69) is 59.7 Å². The fourth-order valence-electron chi connectivity index (χ4n) is 4.55. The van der Waals surface area contributed by atoms with E-state index < -0.39 is 0 Å². The lowest BCUT2D eigenvalue weighted by atomic mass is 9.63. The molecule has 0 radical (unpaired) electrons. The second-order valence-corrected chi connectivity index (χ2v) is 6.99. The summed E-state index contributed by atoms with van der Waals surface area (Å²) >= 11 is 0. The number of piperidine rings is 1. The normalized spacial score (nSPS) is 28.9. The molecule has 2 aromatic carbocycles. The minimum Gasteiger partial charge on any atom is -0.492 e. The molecule has 4 heteroatoms. The smallest absolute Gasteiger partial charge is 0.122 e. The number of ether oxygens (including phenoxy) is 1. The lowest BCUT2D eigenvalue weighted by molar-refractivity contribution is 0.0894. The molecule has 1 saturated heterocycles. The van der Waals surface area contributed by atoms with Gasteiger partial charge in [-0.1, -0.05) is 30.3 Å². The standard InChI is InChI=1S/C20H21N3O/c1-13-20(19-22-16-7-3-4-8-17(16)23-19)12-24-18-9-5-2-6-14(18)15(20)10-11-21-13/h2-9,13,15,21H,10-12H2,1H3,(H,22,23). The molecule has 2 N–H and O–H groups in total. The molecule has 3 atom stereocenters. The van der Waals surface area contributed by atoms with Crippen LogP contribution in [0.25, 0.3) is 11.0 Å². The SMILES string of the molecule is CC1NCCC2c3ccccc3OCC12c1nc2ccccc2[nH]1. The van der Waals surface area contributed by atoms with Crippen molar-refractivity contribution in [3.63, 3.8) is 0 Å². The van der Waals surface area contributed by atoms with Gasteiger partial charge in [0.2, 0.25) is 0 Å². The van der Waals surface area contributed by atoms with Crippen molar-refractivity contribution in [3.8, 4) is 5.75 Å². The summed E-state index contributed by atoms with van der Waals surface area (Å²) in [6.07, 6.45) is 1.10. The molecule has 3 unspecified atom stereocenters. The second kappa shape index (κ2) is 5.08. The fourth-order valence-corrected chi connectivity index (χ4v) is 4.55. The summed E-state index contributed by atoms with van der Waals surface area (Å²) in [6.45, 7) is 3.95. The molecule has 4 nitrogen and oxygen atoms in total. The third-order valence-electron chi connectivity index (χ3n) is 5.87. The van der Waals surface area contributed by atoms with Crippen LogP contribution >= 0.6 is 0 Å². The maximum absolute atomic E-state index is 6.22. The van der Waals surface area contributed by atoms with Gasteiger partial charge >= 0.3 is 0 Å². The molecule has 0 bridgehead atoms. The summed E-state index contributed by atoms with van der Waals surface area (Å²) in [6, 6.07) is 17.0. The number of rotatable bonds is 1. The zero-order valence-electron chi connectivity index (χ0n) is 13.8. The van der Waals surface area contributed by atoms with E-state index in [0.717, 1.165) is 35.6 Å². The first-order valence-electron chi connectivity index (χ1n) is 8.69. The van der Waals surface area contributed by atoms with Crippen molar-refractivity contribution in [1.82, 2.24) is 15.3 Å². The molecule has 2 aliphatic rings. The van der Waals surface area contributed by atoms with E-state index in [1.165, 1.54) is 5.56 Å². The Labute approximate surface area is 141 Å².